The molecule has 0 heterocycles. The molecular weight excluding hydrogens is 208 g/mol. The van der Waals surface area contributed by atoms with Crippen LogP contribution < -0.4 is 5.32 Å². The van der Waals surface area contributed by atoms with Gasteiger partial charge in [0, 0.05) is 19.0 Å². The molecule has 1 N–H and O–H groups in total. The number of benzene rings is 1. The lowest BCUT2D eigenvalue weighted by atomic mass is 10.1. The van der Waals surface area contributed by atoms with E-state index in [4.69, 9.17) is 0 Å². The fourth-order valence-corrected chi connectivity index (χ4v) is 1.65. The van der Waals surface area contributed by atoms with Gasteiger partial charge in [0.05, 0.1) is 0 Å². The second-order valence-corrected chi connectivity index (χ2v) is 4.64. The summed E-state index contributed by atoms with van der Waals surface area (Å²) >= 11 is 0. The smallest absolute Gasteiger partial charge is 0.101 e. The second kappa shape index (κ2) is 7.88. The molecular formula is C15H24N2. The Labute approximate surface area is 105 Å². The maximum atomic E-state index is 4.65. The van der Waals surface area contributed by atoms with Gasteiger partial charge in [-0.15, -0.1) is 0 Å². The molecule has 0 unspecified atom stereocenters. The lowest BCUT2D eigenvalue weighted by Crippen LogP contribution is -2.32. The molecule has 0 radical (unpaired) electrons. The Hall–Kier alpha value is -1.31. The maximum Gasteiger partial charge on any atom is 0.101 e. The Morgan fingerprint density at radius 3 is 2.53 bits per heavy atom. The topological polar surface area (TPSA) is 24.4 Å². The summed E-state index contributed by atoms with van der Waals surface area (Å²) in [7, 11) is 0. The van der Waals surface area contributed by atoms with Gasteiger partial charge in [0.25, 0.3) is 0 Å². The lowest BCUT2D eigenvalue weighted by Gasteiger charge is -2.13. The van der Waals surface area contributed by atoms with E-state index in [1.807, 2.05) is 6.07 Å². The van der Waals surface area contributed by atoms with E-state index in [-0.39, 0.29) is 0 Å². The molecule has 1 aromatic carbocycles. The summed E-state index contributed by atoms with van der Waals surface area (Å²) in [5, 5.41) is 3.44. The van der Waals surface area contributed by atoms with Gasteiger partial charge in [0.15, 0.2) is 0 Å². The van der Waals surface area contributed by atoms with Gasteiger partial charge in [-0.05, 0) is 25.8 Å². The van der Waals surface area contributed by atoms with E-state index in [0.29, 0.717) is 6.04 Å². The molecule has 0 aliphatic rings. The monoisotopic (exact) mass is 232 g/mol. The van der Waals surface area contributed by atoms with Gasteiger partial charge in [-0.2, -0.15) is 0 Å². The third kappa shape index (κ3) is 6.10. The number of nitrogens with one attached hydrogen (secondary N) is 1. The van der Waals surface area contributed by atoms with E-state index in [0.717, 1.165) is 25.2 Å². The average molecular weight is 232 g/mol. The highest BCUT2D eigenvalue weighted by molar-refractivity contribution is 5.84. The van der Waals surface area contributed by atoms with E-state index >= 15 is 0 Å². The highest BCUT2D eigenvalue weighted by Gasteiger charge is 2.02. The quantitative estimate of drug-likeness (QED) is 0.453. The molecule has 0 bridgehead atoms. The predicted molar refractivity (Wildman–Crippen MR) is 75.6 cm³/mol. The summed E-state index contributed by atoms with van der Waals surface area (Å²) in [6.07, 6.45) is 3.27. The van der Waals surface area contributed by atoms with Crippen molar-refractivity contribution in [1.29, 1.82) is 0 Å². The van der Waals surface area contributed by atoms with Crippen LogP contribution in [0.25, 0.3) is 0 Å². The van der Waals surface area contributed by atoms with Crippen molar-refractivity contribution in [3.05, 3.63) is 35.9 Å². The summed E-state index contributed by atoms with van der Waals surface area (Å²) in [4.78, 5) is 4.65. The minimum Gasteiger partial charge on any atom is -0.371 e. The Balaban J connectivity index is 2.60. The number of amidine groups is 1. The number of hydrogen-bond acceptors (Lipinski definition) is 1. The largest absolute Gasteiger partial charge is 0.371 e. The Bertz CT molecular complexity index is 328. The van der Waals surface area contributed by atoms with Crippen LogP contribution in [-0.2, 0) is 6.42 Å². The zero-order chi connectivity index (χ0) is 12.5. The number of hydrogen-bond donors (Lipinski definition) is 1. The highest BCUT2D eigenvalue weighted by Crippen LogP contribution is 2.01. The van der Waals surface area contributed by atoms with Crippen LogP contribution in [0.5, 0.6) is 0 Å². The number of rotatable bonds is 6. The summed E-state index contributed by atoms with van der Waals surface area (Å²) in [6, 6.07) is 10.9. The van der Waals surface area contributed by atoms with Gasteiger partial charge in [-0.3, -0.25) is 4.99 Å². The number of nitrogens with zero attached hydrogens (tertiary/aromatic N) is 1. The molecule has 17 heavy (non-hydrogen) atoms. The maximum absolute atomic E-state index is 4.65. The first-order valence-corrected chi connectivity index (χ1v) is 6.56. The standard InChI is InChI=1S/C15H24N2/c1-4-5-11-16-15(17-13(2)3)12-14-9-7-6-8-10-14/h6-10,13H,4-5,11-12H2,1-3H3,(H,16,17). The molecule has 0 aliphatic heterocycles. The molecule has 1 rings (SSSR count). The molecule has 0 aromatic heterocycles. The molecule has 2 nitrogen and oxygen atoms in total. The van der Waals surface area contributed by atoms with Gasteiger partial charge >= 0.3 is 0 Å². The van der Waals surface area contributed by atoms with Crippen LogP contribution >= 0.6 is 0 Å². The van der Waals surface area contributed by atoms with E-state index < -0.39 is 0 Å². The molecule has 0 fully saturated rings. The zero-order valence-electron chi connectivity index (χ0n) is 11.2. The normalized spacial score (nSPS) is 11.9. The van der Waals surface area contributed by atoms with Crippen molar-refractivity contribution in [2.24, 2.45) is 4.99 Å². The van der Waals surface area contributed by atoms with Crippen LogP contribution in [-0.4, -0.2) is 18.4 Å². The first-order chi connectivity index (χ1) is 8.22. The van der Waals surface area contributed by atoms with Gasteiger partial charge in [-0.1, -0.05) is 43.7 Å². The van der Waals surface area contributed by atoms with Gasteiger partial charge in [0.1, 0.15) is 5.84 Å². The molecule has 0 amide bonds. The van der Waals surface area contributed by atoms with Crippen molar-refractivity contribution in [2.45, 2.75) is 46.1 Å². The Morgan fingerprint density at radius 1 is 1.24 bits per heavy atom. The molecule has 0 saturated heterocycles. The first-order valence-electron chi connectivity index (χ1n) is 6.56. The second-order valence-electron chi connectivity index (χ2n) is 4.64. The van der Waals surface area contributed by atoms with Crippen LogP contribution in [0.3, 0.4) is 0 Å². The fourth-order valence-electron chi connectivity index (χ4n) is 1.65. The van der Waals surface area contributed by atoms with E-state index in [1.54, 1.807) is 0 Å². The molecule has 2 heteroatoms. The average Bonchev–Trinajstić information content (AvgIpc) is 2.30. The molecule has 0 spiro atoms. The van der Waals surface area contributed by atoms with Gasteiger partial charge in [0.2, 0.25) is 0 Å². The predicted octanol–water partition coefficient (Wildman–Crippen LogP) is 3.43. The van der Waals surface area contributed by atoms with E-state index in [9.17, 15) is 0 Å². The zero-order valence-corrected chi connectivity index (χ0v) is 11.2. The molecule has 1 aromatic rings. The third-order valence-corrected chi connectivity index (χ3v) is 2.48. The van der Waals surface area contributed by atoms with Crippen LogP contribution in [0.2, 0.25) is 0 Å². The van der Waals surface area contributed by atoms with Crippen LogP contribution in [0, 0.1) is 0 Å². The van der Waals surface area contributed by atoms with Crippen LogP contribution in [0.15, 0.2) is 35.3 Å². The Kier molecular flexibility index (Phi) is 6.38. The first kappa shape index (κ1) is 13.8. The third-order valence-electron chi connectivity index (χ3n) is 2.48. The molecule has 0 aliphatic carbocycles. The van der Waals surface area contributed by atoms with Crippen LogP contribution in [0.1, 0.15) is 39.2 Å². The Morgan fingerprint density at radius 2 is 1.94 bits per heavy atom. The van der Waals surface area contributed by atoms with E-state index in [1.165, 1.54) is 12.0 Å². The SMILES string of the molecule is CCCCN=C(Cc1ccccc1)NC(C)C. The summed E-state index contributed by atoms with van der Waals surface area (Å²) in [6.45, 7) is 7.43. The fraction of sp³-hybridized carbons (Fsp3) is 0.533. The molecule has 0 atom stereocenters. The van der Waals surface area contributed by atoms with Crippen molar-refractivity contribution in [2.75, 3.05) is 6.54 Å². The van der Waals surface area contributed by atoms with Crippen molar-refractivity contribution >= 4 is 5.84 Å². The van der Waals surface area contributed by atoms with Crippen molar-refractivity contribution < 1.29 is 0 Å². The number of aliphatic imine (C=N–C) groups is 1. The van der Waals surface area contributed by atoms with Crippen LogP contribution in [0.4, 0.5) is 0 Å². The summed E-state index contributed by atoms with van der Waals surface area (Å²) in [5.74, 6) is 1.11. The van der Waals surface area contributed by atoms with Crippen molar-refractivity contribution in [1.82, 2.24) is 5.32 Å². The minimum atomic E-state index is 0.444. The van der Waals surface area contributed by atoms with Gasteiger partial charge < -0.3 is 5.32 Å². The lowest BCUT2D eigenvalue weighted by molar-refractivity contribution is 0.714. The van der Waals surface area contributed by atoms with Gasteiger partial charge in [-0.25, -0.2) is 0 Å². The van der Waals surface area contributed by atoms with Crippen molar-refractivity contribution in [3.63, 3.8) is 0 Å². The van der Waals surface area contributed by atoms with E-state index in [2.05, 4.69) is 55.3 Å². The minimum absolute atomic E-state index is 0.444. The summed E-state index contributed by atoms with van der Waals surface area (Å²) in [5.41, 5.74) is 1.32. The van der Waals surface area contributed by atoms with Crippen molar-refractivity contribution in [3.8, 4) is 0 Å². The molecule has 94 valence electrons. The summed E-state index contributed by atoms with van der Waals surface area (Å²) < 4.78 is 0. The molecule has 0 saturated carbocycles. The highest BCUT2D eigenvalue weighted by atomic mass is 15.0. The number of unbranched alkanes of at least 4 members (excludes halogenated alkanes) is 1.